The summed E-state index contributed by atoms with van der Waals surface area (Å²) in [6, 6.07) is 19.5. The average molecular weight is 454 g/mol. The first-order valence-corrected chi connectivity index (χ1v) is 10.6. The van der Waals surface area contributed by atoms with Crippen LogP contribution in [0.15, 0.2) is 90.1 Å². The Morgan fingerprint density at radius 1 is 0.971 bits per heavy atom. The van der Waals surface area contributed by atoms with Crippen LogP contribution in [0.2, 0.25) is 0 Å². The number of aromatic nitrogens is 3. The third-order valence-corrected chi connectivity index (χ3v) is 5.58. The maximum atomic E-state index is 13.3. The van der Waals surface area contributed by atoms with E-state index in [2.05, 4.69) is 10.3 Å². The van der Waals surface area contributed by atoms with Crippen LogP contribution in [0.3, 0.4) is 0 Å². The summed E-state index contributed by atoms with van der Waals surface area (Å²) < 4.78 is 16.5. The number of rotatable bonds is 6. The molecular weight excluding hydrogens is 435 g/mol. The van der Waals surface area contributed by atoms with Gasteiger partial charge in [0.1, 0.15) is 17.8 Å². The molecule has 34 heavy (non-hydrogen) atoms. The zero-order valence-corrected chi connectivity index (χ0v) is 17.9. The Morgan fingerprint density at radius 2 is 1.76 bits per heavy atom. The van der Waals surface area contributed by atoms with Crippen molar-refractivity contribution in [1.82, 2.24) is 14.0 Å². The maximum absolute atomic E-state index is 13.3. The van der Waals surface area contributed by atoms with E-state index in [0.29, 0.717) is 27.8 Å². The predicted molar refractivity (Wildman–Crippen MR) is 126 cm³/mol. The van der Waals surface area contributed by atoms with Crippen LogP contribution in [-0.4, -0.2) is 25.6 Å². The monoisotopic (exact) mass is 454 g/mol. The molecule has 1 amide bonds. The van der Waals surface area contributed by atoms with Crippen molar-refractivity contribution in [3.8, 4) is 0 Å². The molecule has 0 bridgehead atoms. The number of hydrogen-bond donors (Lipinski definition) is 1. The van der Waals surface area contributed by atoms with Crippen LogP contribution < -0.4 is 10.9 Å². The molecular formula is C26H19FN4O3. The Labute approximate surface area is 193 Å². The van der Waals surface area contributed by atoms with Gasteiger partial charge in [-0.15, -0.1) is 0 Å². The van der Waals surface area contributed by atoms with Crippen LogP contribution >= 0.6 is 0 Å². The van der Waals surface area contributed by atoms with Gasteiger partial charge in [0.2, 0.25) is 5.91 Å². The van der Waals surface area contributed by atoms with Gasteiger partial charge in [0, 0.05) is 11.3 Å². The molecule has 0 unspecified atom stereocenters. The molecule has 2 heterocycles. The van der Waals surface area contributed by atoms with Crippen LogP contribution in [0.1, 0.15) is 15.9 Å². The largest absolute Gasteiger partial charge is 0.326 e. The number of para-hydroxylation sites is 1. The molecule has 0 radical (unpaired) electrons. The fourth-order valence-electron chi connectivity index (χ4n) is 3.95. The van der Waals surface area contributed by atoms with Gasteiger partial charge in [-0.1, -0.05) is 24.3 Å². The second-order valence-corrected chi connectivity index (χ2v) is 7.89. The van der Waals surface area contributed by atoms with E-state index >= 15 is 0 Å². The van der Waals surface area contributed by atoms with Crippen LogP contribution in [0, 0.1) is 5.82 Å². The molecule has 0 aliphatic carbocycles. The Hall–Kier alpha value is -4.59. The van der Waals surface area contributed by atoms with E-state index in [0.717, 1.165) is 5.52 Å². The summed E-state index contributed by atoms with van der Waals surface area (Å²) in [5.41, 5.74) is 2.47. The number of nitrogens with one attached hydrogen (secondary N) is 1. The zero-order chi connectivity index (χ0) is 23.7. The summed E-state index contributed by atoms with van der Waals surface area (Å²) in [4.78, 5) is 42.4. The van der Waals surface area contributed by atoms with Crippen LogP contribution in [-0.2, 0) is 17.8 Å². The van der Waals surface area contributed by atoms with Crippen molar-refractivity contribution < 1.29 is 14.0 Å². The number of carbonyl (C=O) groups is 2. The topological polar surface area (TPSA) is 85.5 Å². The highest BCUT2D eigenvalue weighted by atomic mass is 19.1. The molecule has 2 aromatic heterocycles. The summed E-state index contributed by atoms with van der Waals surface area (Å²) in [5, 5.41) is 3.23. The highest BCUT2D eigenvalue weighted by molar-refractivity contribution is 5.98. The van der Waals surface area contributed by atoms with Gasteiger partial charge in [0.05, 0.1) is 30.1 Å². The van der Waals surface area contributed by atoms with Crippen molar-refractivity contribution in [2.24, 2.45) is 0 Å². The Morgan fingerprint density at radius 3 is 2.56 bits per heavy atom. The minimum absolute atomic E-state index is 0.0324. The minimum Gasteiger partial charge on any atom is -0.326 e. The number of Topliss-reactive ketones (excluding diaryl/α,β-unsaturated/α-hetero) is 1. The van der Waals surface area contributed by atoms with Crippen molar-refractivity contribution in [1.29, 1.82) is 0 Å². The molecule has 5 rings (SSSR count). The van der Waals surface area contributed by atoms with Crippen molar-refractivity contribution in [2.75, 3.05) is 5.32 Å². The second-order valence-electron chi connectivity index (χ2n) is 7.89. The summed E-state index contributed by atoms with van der Waals surface area (Å²) in [6.07, 6.45) is 3.20. The van der Waals surface area contributed by atoms with Gasteiger partial charge in [0.25, 0.3) is 5.56 Å². The molecule has 0 atom stereocenters. The van der Waals surface area contributed by atoms with E-state index in [1.807, 2.05) is 12.1 Å². The van der Waals surface area contributed by atoms with Gasteiger partial charge < -0.3 is 5.32 Å². The minimum atomic E-state index is -0.396. The van der Waals surface area contributed by atoms with Crippen molar-refractivity contribution >= 4 is 33.9 Å². The number of anilines is 1. The van der Waals surface area contributed by atoms with Crippen LogP contribution in [0.5, 0.6) is 0 Å². The quantitative estimate of drug-likeness (QED) is 0.395. The summed E-state index contributed by atoms with van der Waals surface area (Å²) >= 11 is 0. The molecule has 0 saturated heterocycles. The van der Waals surface area contributed by atoms with Gasteiger partial charge in [0.15, 0.2) is 5.78 Å². The fraction of sp³-hybridized carbons (Fsp3) is 0.0769. The summed E-state index contributed by atoms with van der Waals surface area (Å²) in [6.45, 7) is -0.149. The van der Waals surface area contributed by atoms with Gasteiger partial charge >= 0.3 is 0 Å². The lowest BCUT2D eigenvalue weighted by atomic mass is 10.1. The number of ketones is 1. The number of fused-ring (bicyclic) bond motifs is 3. The van der Waals surface area contributed by atoms with E-state index in [9.17, 15) is 18.8 Å². The van der Waals surface area contributed by atoms with Crippen molar-refractivity contribution in [2.45, 2.75) is 13.0 Å². The molecule has 7 nitrogen and oxygen atoms in total. The molecule has 0 saturated carbocycles. The Balaban J connectivity index is 1.33. The SMILES string of the molecule is O=C(Cc1cccc(F)c1)Nc1ccc(C(=O)Cn2c(=O)c3ccccc3n3cncc23)cc1. The first-order chi connectivity index (χ1) is 16.5. The first kappa shape index (κ1) is 21.3. The van der Waals surface area contributed by atoms with E-state index in [-0.39, 0.29) is 30.2 Å². The second kappa shape index (κ2) is 8.74. The number of nitrogens with zero attached hydrogens (tertiary/aromatic N) is 3. The molecule has 0 spiro atoms. The van der Waals surface area contributed by atoms with E-state index in [1.54, 1.807) is 65.5 Å². The molecule has 1 N–H and O–H groups in total. The lowest BCUT2D eigenvalue weighted by Crippen LogP contribution is -2.26. The molecule has 0 fully saturated rings. The molecule has 0 aliphatic rings. The fourth-order valence-corrected chi connectivity index (χ4v) is 3.95. The highest BCUT2D eigenvalue weighted by Gasteiger charge is 2.15. The number of carbonyl (C=O) groups excluding carboxylic acids is 2. The lowest BCUT2D eigenvalue weighted by molar-refractivity contribution is -0.115. The molecule has 0 aliphatic heterocycles. The molecule has 8 heteroatoms. The maximum Gasteiger partial charge on any atom is 0.262 e. The third-order valence-electron chi connectivity index (χ3n) is 5.58. The smallest absolute Gasteiger partial charge is 0.262 e. The normalized spacial score (nSPS) is 11.1. The molecule has 3 aromatic carbocycles. The number of hydrogen-bond acceptors (Lipinski definition) is 4. The number of halogens is 1. The number of imidazole rings is 1. The predicted octanol–water partition coefficient (Wildman–Crippen LogP) is 3.85. The molecule has 168 valence electrons. The molecule has 5 aromatic rings. The van der Waals surface area contributed by atoms with Gasteiger partial charge in [-0.05, 0) is 54.1 Å². The third kappa shape index (κ3) is 4.09. The van der Waals surface area contributed by atoms with E-state index < -0.39 is 5.82 Å². The highest BCUT2D eigenvalue weighted by Crippen LogP contribution is 2.15. The number of amides is 1. The van der Waals surface area contributed by atoms with E-state index in [4.69, 9.17) is 0 Å². The van der Waals surface area contributed by atoms with Gasteiger partial charge in [-0.2, -0.15) is 0 Å². The first-order valence-electron chi connectivity index (χ1n) is 10.6. The summed E-state index contributed by atoms with van der Waals surface area (Å²) in [7, 11) is 0. The number of benzene rings is 3. The average Bonchev–Trinajstić information content (AvgIpc) is 3.32. The lowest BCUT2D eigenvalue weighted by Gasteiger charge is -2.11. The van der Waals surface area contributed by atoms with Crippen LogP contribution in [0.25, 0.3) is 16.6 Å². The van der Waals surface area contributed by atoms with Crippen LogP contribution in [0.4, 0.5) is 10.1 Å². The Bertz CT molecular complexity index is 1600. The summed E-state index contributed by atoms with van der Waals surface area (Å²) in [5.74, 6) is -0.944. The van der Waals surface area contributed by atoms with Crippen molar-refractivity contribution in [3.05, 3.63) is 113 Å². The standard InChI is InChI=1S/C26H19FN4O3/c27-19-5-3-4-17(12-19)13-24(33)29-20-10-8-18(9-11-20)23(32)15-30-25-14-28-16-31(25)22-7-2-1-6-21(22)26(30)34/h1-12,14,16H,13,15H2,(H,29,33). The van der Waals surface area contributed by atoms with Gasteiger partial charge in [-0.25, -0.2) is 9.37 Å². The van der Waals surface area contributed by atoms with Gasteiger partial charge in [-0.3, -0.25) is 23.4 Å². The zero-order valence-electron chi connectivity index (χ0n) is 17.9. The Kier molecular flexibility index (Phi) is 5.47. The van der Waals surface area contributed by atoms with Crippen molar-refractivity contribution in [3.63, 3.8) is 0 Å². The van der Waals surface area contributed by atoms with E-state index in [1.165, 1.54) is 16.7 Å².